The molecule has 0 aliphatic carbocycles. The zero-order valence-corrected chi connectivity index (χ0v) is 9.72. The number of nitrogens with one attached hydrogen (secondary N) is 1. The van der Waals surface area contributed by atoms with Gasteiger partial charge >= 0.3 is 0 Å². The van der Waals surface area contributed by atoms with E-state index in [0.717, 1.165) is 5.56 Å². The van der Waals surface area contributed by atoms with Crippen LogP contribution in [0.15, 0.2) is 30.3 Å². The van der Waals surface area contributed by atoms with E-state index in [2.05, 4.69) is 11.4 Å². The summed E-state index contributed by atoms with van der Waals surface area (Å²) in [7, 11) is 0. The van der Waals surface area contributed by atoms with Gasteiger partial charge in [0.05, 0.1) is 24.8 Å². The number of rotatable bonds is 5. The molecule has 1 aromatic carbocycles. The van der Waals surface area contributed by atoms with Gasteiger partial charge < -0.3 is 5.11 Å². The molecule has 2 atom stereocenters. The predicted octanol–water partition coefficient (Wildman–Crippen LogP) is 1.86. The maximum Gasteiger partial charge on any atom is 0.0981 e. The Balaban J connectivity index is 2.73. The molecule has 0 bridgehead atoms. The standard InChI is InChI=1S/C13H18N2O/c1-10(2)12(8-14)15-13(9-16)11-6-4-3-5-7-11/h3-7,10,12-13,15-16H,9H2,1-2H3/t12-,13+/m0/s1. The Kier molecular flexibility index (Phi) is 4.97. The fourth-order valence-corrected chi connectivity index (χ4v) is 1.54. The van der Waals surface area contributed by atoms with Gasteiger partial charge in [0, 0.05) is 0 Å². The second-order valence-corrected chi connectivity index (χ2v) is 4.16. The molecule has 0 saturated carbocycles. The predicted molar refractivity (Wildman–Crippen MR) is 63.6 cm³/mol. The SMILES string of the molecule is CC(C)[C@H](C#N)N[C@H](CO)c1ccccc1. The van der Waals surface area contributed by atoms with Gasteiger partial charge in [0.25, 0.3) is 0 Å². The Morgan fingerprint density at radius 1 is 1.31 bits per heavy atom. The summed E-state index contributed by atoms with van der Waals surface area (Å²) in [5, 5.41) is 21.5. The first-order chi connectivity index (χ1) is 7.69. The molecule has 3 nitrogen and oxygen atoms in total. The average Bonchev–Trinajstić information content (AvgIpc) is 2.31. The fourth-order valence-electron chi connectivity index (χ4n) is 1.54. The Bertz CT molecular complexity index is 343. The fraction of sp³-hybridized carbons (Fsp3) is 0.462. The molecule has 86 valence electrons. The second-order valence-electron chi connectivity index (χ2n) is 4.16. The molecule has 3 heteroatoms. The van der Waals surface area contributed by atoms with E-state index in [1.807, 2.05) is 44.2 Å². The van der Waals surface area contributed by atoms with E-state index in [-0.39, 0.29) is 24.6 Å². The third-order valence-corrected chi connectivity index (χ3v) is 2.57. The van der Waals surface area contributed by atoms with Gasteiger partial charge in [-0.1, -0.05) is 44.2 Å². The summed E-state index contributed by atoms with van der Waals surface area (Å²) >= 11 is 0. The number of benzene rings is 1. The minimum Gasteiger partial charge on any atom is -0.394 e. The monoisotopic (exact) mass is 218 g/mol. The molecule has 0 aliphatic rings. The van der Waals surface area contributed by atoms with E-state index in [1.54, 1.807) is 0 Å². The summed E-state index contributed by atoms with van der Waals surface area (Å²) in [6.07, 6.45) is 0. The molecule has 2 N–H and O–H groups in total. The second kappa shape index (κ2) is 6.26. The first-order valence-electron chi connectivity index (χ1n) is 5.50. The highest BCUT2D eigenvalue weighted by Gasteiger charge is 2.18. The van der Waals surface area contributed by atoms with E-state index in [4.69, 9.17) is 5.26 Å². The van der Waals surface area contributed by atoms with Crippen molar-refractivity contribution in [3.8, 4) is 6.07 Å². The topological polar surface area (TPSA) is 56.0 Å². The number of aliphatic hydroxyl groups is 1. The van der Waals surface area contributed by atoms with Crippen LogP contribution >= 0.6 is 0 Å². The van der Waals surface area contributed by atoms with Gasteiger partial charge in [-0.25, -0.2) is 0 Å². The highest BCUT2D eigenvalue weighted by Crippen LogP contribution is 2.14. The van der Waals surface area contributed by atoms with Crippen LogP contribution in [0.25, 0.3) is 0 Å². The van der Waals surface area contributed by atoms with E-state index in [9.17, 15) is 5.11 Å². The summed E-state index contributed by atoms with van der Waals surface area (Å²) in [6.45, 7) is 3.97. The van der Waals surface area contributed by atoms with Crippen molar-refractivity contribution >= 4 is 0 Å². The molecule has 0 heterocycles. The summed E-state index contributed by atoms with van der Waals surface area (Å²) in [4.78, 5) is 0. The molecule has 0 fully saturated rings. The van der Waals surface area contributed by atoms with Crippen LogP contribution in [-0.4, -0.2) is 17.8 Å². The number of hydrogen-bond acceptors (Lipinski definition) is 3. The van der Waals surface area contributed by atoms with Gasteiger partial charge in [-0.15, -0.1) is 0 Å². The van der Waals surface area contributed by atoms with E-state index < -0.39 is 0 Å². The molecule has 0 radical (unpaired) electrons. The number of nitrogens with zero attached hydrogens (tertiary/aromatic N) is 1. The zero-order valence-electron chi connectivity index (χ0n) is 9.72. The van der Waals surface area contributed by atoms with Crippen molar-refractivity contribution in [1.29, 1.82) is 5.26 Å². The molecular weight excluding hydrogens is 200 g/mol. The molecule has 0 unspecified atom stereocenters. The molecule has 0 aromatic heterocycles. The van der Waals surface area contributed by atoms with Crippen LogP contribution < -0.4 is 5.32 Å². The van der Waals surface area contributed by atoms with Crippen LogP contribution in [0.1, 0.15) is 25.5 Å². The van der Waals surface area contributed by atoms with Gasteiger partial charge in [0.1, 0.15) is 0 Å². The molecule has 16 heavy (non-hydrogen) atoms. The maximum absolute atomic E-state index is 9.33. The lowest BCUT2D eigenvalue weighted by molar-refractivity contribution is 0.232. The van der Waals surface area contributed by atoms with Crippen molar-refractivity contribution in [2.24, 2.45) is 5.92 Å². The maximum atomic E-state index is 9.33. The lowest BCUT2D eigenvalue weighted by atomic mass is 10.0. The number of hydrogen-bond donors (Lipinski definition) is 2. The zero-order chi connectivity index (χ0) is 12.0. The van der Waals surface area contributed by atoms with E-state index in [0.29, 0.717) is 0 Å². The Morgan fingerprint density at radius 2 is 1.94 bits per heavy atom. The van der Waals surface area contributed by atoms with Crippen LogP contribution in [-0.2, 0) is 0 Å². The van der Waals surface area contributed by atoms with Crippen molar-refractivity contribution in [2.45, 2.75) is 25.9 Å². The summed E-state index contributed by atoms with van der Waals surface area (Å²) in [6, 6.07) is 11.5. The van der Waals surface area contributed by atoms with Crippen molar-refractivity contribution < 1.29 is 5.11 Å². The molecule has 1 rings (SSSR count). The first kappa shape index (κ1) is 12.7. The molecular formula is C13H18N2O. The minimum atomic E-state index is -0.239. The molecule has 1 aromatic rings. The highest BCUT2D eigenvalue weighted by atomic mass is 16.3. The van der Waals surface area contributed by atoms with Gasteiger partial charge in [-0.2, -0.15) is 5.26 Å². The van der Waals surface area contributed by atoms with Crippen molar-refractivity contribution in [1.82, 2.24) is 5.32 Å². The number of aliphatic hydroxyl groups excluding tert-OH is 1. The van der Waals surface area contributed by atoms with Gasteiger partial charge in [0.2, 0.25) is 0 Å². The van der Waals surface area contributed by atoms with Crippen LogP contribution in [0, 0.1) is 17.2 Å². The van der Waals surface area contributed by atoms with Crippen LogP contribution in [0.3, 0.4) is 0 Å². The lowest BCUT2D eigenvalue weighted by Gasteiger charge is -2.22. The van der Waals surface area contributed by atoms with E-state index in [1.165, 1.54) is 0 Å². The van der Waals surface area contributed by atoms with Crippen LogP contribution in [0.2, 0.25) is 0 Å². The molecule has 0 amide bonds. The van der Waals surface area contributed by atoms with Crippen LogP contribution in [0.5, 0.6) is 0 Å². The van der Waals surface area contributed by atoms with Gasteiger partial charge in [-0.05, 0) is 11.5 Å². The Labute approximate surface area is 96.7 Å². The van der Waals surface area contributed by atoms with Crippen molar-refractivity contribution in [2.75, 3.05) is 6.61 Å². The summed E-state index contributed by atoms with van der Waals surface area (Å²) in [5.74, 6) is 0.225. The molecule has 0 aliphatic heterocycles. The van der Waals surface area contributed by atoms with Gasteiger partial charge in [0.15, 0.2) is 0 Å². The van der Waals surface area contributed by atoms with Crippen molar-refractivity contribution in [3.63, 3.8) is 0 Å². The summed E-state index contributed by atoms with van der Waals surface area (Å²) < 4.78 is 0. The average molecular weight is 218 g/mol. The third-order valence-electron chi connectivity index (χ3n) is 2.57. The quantitative estimate of drug-likeness (QED) is 0.793. The smallest absolute Gasteiger partial charge is 0.0981 e. The van der Waals surface area contributed by atoms with Crippen LogP contribution in [0.4, 0.5) is 0 Å². The highest BCUT2D eigenvalue weighted by molar-refractivity contribution is 5.19. The Hall–Kier alpha value is -1.37. The third kappa shape index (κ3) is 3.34. The van der Waals surface area contributed by atoms with Gasteiger partial charge in [-0.3, -0.25) is 5.32 Å². The number of nitriles is 1. The summed E-state index contributed by atoms with van der Waals surface area (Å²) in [5.41, 5.74) is 1.01. The largest absolute Gasteiger partial charge is 0.394 e. The minimum absolute atomic E-state index is 0.00505. The first-order valence-corrected chi connectivity index (χ1v) is 5.50. The molecule has 0 spiro atoms. The lowest BCUT2D eigenvalue weighted by Crippen LogP contribution is -2.37. The Morgan fingerprint density at radius 3 is 2.38 bits per heavy atom. The van der Waals surface area contributed by atoms with E-state index >= 15 is 0 Å². The van der Waals surface area contributed by atoms with Crippen molar-refractivity contribution in [3.05, 3.63) is 35.9 Å². The normalized spacial score (nSPS) is 14.4. The molecule has 0 saturated heterocycles.